The second-order valence-electron chi connectivity index (χ2n) is 4.81. The number of thiazole rings is 1. The number of carbonyl (C=O) groups is 1. The molecule has 0 fully saturated rings. The fourth-order valence-corrected chi connectivity index (χ4v) is 3.95. The van der Waals surface area contributed by atoms with E-state index in [4.69, 9.17) is 28.3 Å². The molecule has 7 heteroatoms. The van der Waals surface area contributed by atoms with Crippen LogP contribution in [0.5, 0.6) is 0 Å². The highest BCUT2D eigenvalue weighted by atomic mass is 35.5. The topological polar surface area (TPSA) is 54.6 Å². The smallest absolute Gasteiger partial charge is 0.309 e. The van der Waals surface area contributed by atoms with Gasteiger partial charge in [0.05, 0.1) is 22.8 Å². The fourth-order valence-electron chi connectivity index (χ4n) is 2.38. The van der Waals surface area contributed by atoms with Crippen LogP contribution >= 0.6 is 34.5 Å². The Morgan fingerprint density at radius 3 is 2.82 bits per heavy atom. The van der Waals surface area contributed by atoms with Gasteiger partial charge in [-0.25, -0.2) is 4.98 Å². The van der Waals surface area contributed by atoms with Crippen LogP contribution in [0.4, 0.5) is 0 Å². The van der Waals surface area contributed by atoms with Crippen molar-refractivity contribution in [3.8, 4) is 11.3 Å². The molecule has 114 valence electrons. The van der Waals surface area contributed by atoms with E-state index < -0.39 is 5.97 Å². The maximum absolute atomic E-state index is 10.9. The summed E-state index contributed by atoms with van der Waals surface area (Å²) in [5.41, 5.74) is 2.36. The summed E-state index contributed by atoms with van der Waals surface area (Å²) in [6.07, 6.45) is 2.51. The van der Waals surface area contributed by atoms with Crippen molar-refractivity contribution in [3.05, 3.63) is 45.0 Å². The summed E-state index contributed by atoms with van der Waals surface area (Å²) in [7, 11) is 0. The fraction of sp³-hybridized carbons (Fsp3) is 0.200. The summed E-state index contributed by atoms with van der Waals surface area (Å²) in [5.74, 6) is -0.896. The van der Waals surface area contributed by atoms with E-state index in [-0.39, 0.29) is 6.42 Å². The Morgan fingerprint density at radius 1 is 1.41 bits per heavy atom. The molecule has 0 radical (unpaired) electrons. The predicted octanol–water partition coefficient (Wildman–Crippen LogP) is 4.56. The lowest BCUT2D eigenvalue weighted by Crippen LogP contribution is -2.00. The van der Waals surface area contributed by atoms with Gasteiger partial charge in [0, 0.05) is 21.7 Å². The molecule has 0 bridgehead atoms. The van der Waals surface area contributed by atoms with Gasteiger partial charge < -0.3 is 5.11 Å². The van der Waals surface area contributed by atoms with E-state index in [2.05, 4.69) is 11.9 Å². The molecular weight excluding hydrogens is 343 g/mol. The Hall–Kier alpha value is -1.56. The zero-order valence-electron chi connectivity index (χ0n) is 11.6. The molecule has 4 nitrogen and oxygen atoms in total. The number of carboxylic acids is 1. The van der Waals surface area contributed by atoms with Gasteiger partial charge in [0.2, 0.25) is 0 Å². The molecule has 0 saturated carbocycles. The Labute approximate surface area is 140 Å². The van der Waals surface area contributed by atoms with Crippen molar-refractivity contribution in [1.82, 2.24) is 9.38 Å². The number of aromatic nitrogens is 2. The van der Waals surface area contributed by atoms with Crippen LogP contribution in [0, 0.1) is 0 Å². The molecule has 1 aromatic carbocycles. The minimum absolute atomic E-state index is 0.0936. The third kappa shape index (κ3) is 2.72. The molecule has 3 rings (SSSR count). The van der Waals surface area contributed by atoms with Crippen LogP contribution in [-0.4, -0.2) is 20.5 Å². The van der Waals surface area contributed by atoms with E-state index >= 15 is 0 Å². The second-order valence-corrected chi connectivity index (χ2v) is 6.71. The highest BCUT2D eigenvalue weighted by molar-refractivity contribution is 7.17. The van der Waals surface area contributed by atoms with E-state index in [1.54, 1.807) is 29.7 Å². The molecule has 0 unspecified atom stereocenters. The molecule has 0 aliphatic carbocycles. The third-order valence-corrected chi connectivity index (χ3v) is 5.03. The lowest BCUT2D eigenvalue weighted by Gasteiger charge is -2.06. The number of rotatable bonds is 4. The monoisotopic (exact) mass is 354 g/mol. The maximum atomic E-state index is 10.9. The van der Waals surface area contributed by atoms with Crippen molar-refractivity contribution in [2.45, 2.75) is 19.8 Å². The molecule has 2 heterocycles. The quantitative estimate of drug-likeness (QED) is 0.747. The van der Waals surface area contributed by atoms with Crippen LogP contribution in [0.15, 0.2) is 24.4 Å². The number of benzene rings is 1. The lowest BCUT2D eigenvalue weighted by atomic mass is 10.1. The summed E-state index contributed by atoms with van der Waals surface area (Å²) in [4.78, 5) is 17.2. The van der Waals surface area contributed by atoms with Gasteiger partial charge in [-0.05, 0) is 24.6 Å². The van der Waals surface area contributed by atoms with Gasteiger partial charge >= 0.3 is 5.97 Å². The number of hydrogen-bond acceptors (Lipinski definition) is 3. The van der Waals surface area contributed by atoms with Gasteiger partial charge in [-0.1, -0.05) is 30.1 Å². The Balaban J connectivity index is 2.21. The van der Waals surface area contributed by atoms with Gasteiger partial charge in [-0.2, -0.15) is 0 Å². The first-order valence-electron chi connectivity index (χ1n) is 6.66. The van der Waals surface area contributed by atoms with Crippen molar-refractivity contribution >= 4 is 45.5 Å². The standard InChI is InChI=1S/C15H12Cl2N2O2S/c1-2-12-14(10-4-3-8(16)5-11(10)17)19-7-9(6-13(20)21)18-15(19)22-12/h3-5,7H,2,6H2,1H3,(H,20,21). The second kappa shape index (κ2) is 5.91. The van der Waals surface area contributed by atoms with Gasteiger partial charge in [0.1, 0.15) is 0 Å². The zero-order valence-corrected chi connectivity index (χ0v) is 14.0. The van der Waals surface area contributed by atoms with E-state index in [1.165, 1.54) is 0 Å². The maximum Gasteiger partial charge on any atom is 0.309 e. The van der Waals surface area contributed by atoms with Gasteiger partial charge in [-0.3, -0.25) is 9.20 Å². The average Bonchev–Trinajstić information content (AvgIpc) is 2.95. The lowest BCUT2D eigenvalue weighted by molar-refractivity contribution is -0.136. The van der Waals surface area contributed by atoms with Gasteiger partial charge in [0.15, 0.2) is 4.96 Å². The van der Waals surface area contributed by atoms with Crippen molar-refractivity contribution in [2.24, 2.45) is 0 Å². The summed E-state index contributed by atoms with van der Waals surface area (Å²) >= 11 is 13.8. The minimum atomic E-state index is -0.896. The third-order valence-electron chi connectivity index (χ3n) is 3.28. The average molecular weight is 355 g/mol. The van der Waals surface area contributed by atoms with Crippen molar-refractivity contribution in [2.75, 3.05) is 0 Å². The zero-order chi connectivity index (χ0) is 15.9. The Morgan fingerprint density at radius 2 is 2.18 bits per heavy atom. The normalized spacial score (nSPS) is 11.2. The summed E-state index contributed by atoms with van der Waals surface area (Å²) < 4.78 is 1.91. The van der Waals surface area contributed by atoms with Crippen LogP contribution in [0.25, 0.3) is 16.2 Å². The molecule has 0 saturated heterocycles. The van der Waals surface area contributed by atoms with E-state index in [9.17, 15) is 4.79 Å². The van der Waals surface area contributed by atoms with E-state index in [1.807, 2.05) is 10.5 Å². The van der Waals surface area contributed by atoms with Crippen molar-refractivity contribution in [3.63, 3.8) is 0 Å². The first-order chi connectivity index (χ1) is 10.5. The SMILES string of the molecule is CCc1sc2nc(CC(=O)O)cn2c1-c1ccc(Cl)cc1Cl. The van der Waals surface area contributed by atoms with Crippen LogP contribution < -0.4 is 0 Å². The molecule has 0 aliphatic rings. The summed E-state index contributed by atoms with van der Waals surface area (Å²) in [6, 6.07) is 5.37. The van der Waals surface area contributed by atoms with Gasteiger partial charge in [-0.15, -0.1) is 11.3 Å². The van der Waals surface area contributed by atoms with Crippen molar-refractivity contribution < 1.29 is 9.90 Å². The number of hydrogen-bond donors (Lipinski definition) is 1. The molecule has 0 spiro atoms. The number of carboxylic acid groups (broad SMARTS) is 1. The molecule has 0 amide bonds. The molecule has 3 aromatic rings. The van der Waals surface area contributed by atoms with Gasteiger partial charge in [0.25, 0.3) is 0 Å². The molecule has 0 atom stereocenters. The Bertz CT molecular complexity index is 870. The highest BCUT2D eigenvalue weighted by Gasteiger charge is 2.18. The van der Waals surface area contributed by atoms with Crippen molar-refractivity contribution in [1.29, 1.82) is 0 Å². The number of halogens is 2. The predicted molar refractivity (Wildman–Crippen MR) is 89.2 cm³/mol. The molecule has 2 aromatic heterocycles. The number of aryl methyl sites for hydroxylation is 1. The largest absolute Gasteiger partial charge is 0.481 e. The van der Waals surface area contributed by atoms with E-state index in [0.717, 1.165) is 27.5 Å². The highest BCUT2D eigenvalue weighted by Crippen LogP contribution is 2.37. The van der Waals surface area contributed by atoms with Crippen LogP contribution in [0.3, 0.4) is 0 Å². The molecule has 1 N–H and O–H groups in total. The molecular formula is C15H12Cl2N2O2S. The molecule has 0 aliphatic heterocycles. The van der Waals surface area contributed by atoms with Crippen LogP contribution in [0.2, 0.25) is 10.0 Å². The summed E-state index contributed by atoms with van der Waals surface area (Å²) in [5, 5.41) is 10.1. The van der Waals surface area contributed by atoms with Crippen LogP contribution in [0.1, 0.15) is 17.5 Å². The first-order valence-corrected chi connectivity index (χ1v) is 8.23. The number of fused-ring (bicyclic) bond motifs is 1. The first kappa shape index (κ1) is 15.3. The molecule has 22 heavy (non-hydrogen) atoms. The number of nitrogens with zero attached hydrogens (tertiary/aromatic N) is 2. The number of aliphatic carboxylic acids is 1. The minimum Gasteiger partial charge on any atom is -0.481 e. The Kier molecular flexibility index (Phi) is 4.12. The van der Waals surface area contributed by atoms with E-state index in [0.29, 0.717) is 15.7 Å². The summed E-state index contributed by atoms with van der Waals surface area (Å²) in [6.45, 7) is 2.07. The van der Waals surface area contributed by atoms with Crippen LogP contribution in [-0.2, 0) is 17.6 Å². The number of imidazole rings is 1.